The smallest absolute Gasteiger partial charge is 0.155 e. The van der Waals surface area contributed by atoms with E-state index in [-0.39, 0.29) is 18.5 Å². The average molecular weight is 294 g/mol. The Bertz CT molecular complexity index is 433. The second-order valence-electron chi connectivity index (χ2n) is 5.49. The molecule has 0 saturated heterocycles. The van der Waals surface area contributed by atoms with Crippen LogP contribution in [0.4, 0.5) is 0 Å². The number of aliphatic hydroxyl groups excluding tert-OH is 1. The van der Waals surface area contributed by atoms with Crippen molar-refractivity contribution in [1.82, 2.24) is 0 Å². The summed E-state index contributed by atoms with van der Waals surface area (Å²) in [6.07, 6.45) is 1.69. The third-order valence-electron chi connectivity index (χ3n) is 3.65. The summed E-state index contributed by atoms with van der Waals surface area (Å²) in [5.74, 6) is 0. The van der Waals surface area contributed by atoms with Crippen molar-refractivity contribution >= 4 is 0 Å². The van der Waals surface area contributed by atoms with Gasteiger partial charge in [0.1, 0.15) is 0 Å². The van der Waals surface area contributed by atoms with Crippen molar-refractivity contribution in [2.24, 2.45) is 0 Å². The maximum atomic E-state index is 9.47. The van der Waals surface area contributed by atoms with E-state index in [0.29, 0.717) is 6.61 Å². The number of fused-ring (bicyclic) bond motifs is 1. The molecule has 118 valence electrons. The molecule has 1 aromatic rings. The Labute approximate surface area is 127 Å². The van der Waals surface area contributed by atoms with Gasteiger partial charge in [0.15, 0.2) is 12.6 Å². The lowest BCUT2D eigenvalue weighted by molar-refractivity contribution is -0.175. The van der Waals surface area contributed by atoms with Gasteiger partial charge in [-0.25, -0.2) is 0 Å². The van der Waals surface area contributed by atoms with Crippen molar-refractivity contribution in [1.29, 1.82) is 0 Å². The third-order valence-corrected chi connectivity index (χ3v) is 3.65. The van der Waals surface area contributed by atoms with Crippen LogP contribution in [-0.4, -0.2) is 24.3 Å². The standard InChI is InChI=1S/C17H26O4/c1-4-11-19-13(3)21-17-10-9-16(20-12(2)18)14-7-5-6-8-15(14)17/h5-8,12-13,16-18H,4,9-11H2,1-3H3. The van der Waals surface area contributed by atoms with E-state index in [1.165, 1.54) is 0 Å². The Hall–Kier alpha value is -0.940. The molecule has 0 amide bonds. The Morgan fingerprint density at radius 2 is 1.67 bits per heavy atom. The van der Waals surface area contributed by atoms with Gasteiger partial charge in [0, 0.05) is 6.61 Å². The maximum absolute atomic E-state index is 9.47. The first-order chi connectivity index (χ1) is 10.1. The zero-order valence-corrected chi connectivity index (χ0v) is 13.1. The van der Waals surface area contributed by atoms with Crippen molar-refractivity contribution in [3.63, 3.8) is 0 Å². The highest BCUT2D eigenvalue weighted by atomic mass is 16.7. The Morgan fingerprint density at radius 3 is 2.19 bits per heavy atom. The molecule has 0 aromatic heterocycles. The summed E-state index contributed by atoms with van der Waals surface area (Å²) in [6, 6.07) is 8.13. The summed E-state index contributed by atoms with van der Waals surface area (Å²) in [7, 11) is 0. The maximum Gasteiger partial charge on any atom is 0.155 e. The van der Waals surface area contributed by atoms with E-state index in [9.17, 15) is 5.11 Å². The molecule has 0 spiro atoms. The summed E-state index contributed by atoms with van der Waals surface area (Å²) >= 11 is 0. The van der Waals surface area contributed by atoms with E-state index in [4.69, 9.17) is 14.2 Å². The molecule has 21 heavy (non-hydrogen) atoms. The molecule has 0 radical (unpaired) electrons. The SMILES string of the molecule is CCCOC(C)OC1CCC(OC(C)O)c2ccccc21. The highest BCUT2D eigenvalue weighted by Gasteiger charge is 2.29. The molecule has 0 saturated carbocycles. The Morgan fingerprint density at radius 1 is 1.10 bits per heavy atom. The molecule has 2 rings (SSSR count). The van der Waals surface area contributed by atoms with Crippen LogP contribution in [0.2, 0.25) is 0 Å². The number of hydrogen-bond acceptors (Lipinski definition) is 4. The first-order valence-electron chi connectivity index (χ1n) is 7.81. The molecule has 1 N–H and O–H groups in total. The zero-order valence-electron chi connectivity index (χ0n) is 13.1. The van der Waals surface area contributed by atoms with Gasteiger partial charge in [0.25, 0.3) is 0 Å². The van der Waals surface area contributed by atoms with Gasteiger partial charge in [-0.1, -0.05) is 31.2 Å². The predicted octanol–water partition coefficient (Wildman–Crippen LogP) is 3.71. The largest absolute Gasteiger partial charge is 0.368 e. The molecule has 0 aliphatic heterocycles. The monoisotopic (exact) mass is 294 g/mol. The predicted molar refractivity (Wildman–Crippen MR) is 80.7 cm³/mol. The van der Waals surface area contributed by atoms with Gasteiger partial charge in [0.2, 0.25) is 0 Å². The summed E-state index contributed by atoms with van der Waals surface area (Å²) < 4.78 is 17.2. The summed E-state index contributed by atoms with van der Waals surface area (Å²) in [5, 5.41) is 9.47. The van der Waals surface area contributed by atoms with Crippen molar-refractivity contribution in [2.75, 3.05) is 6.61 Å². The minimum Gasteiger partial charge on any atom is -0.368 e. The quantitative estimate of drug-likeness (QED) is 0.779. The van der Waals surface area contributed by atoms with Crippen molar-refractivity contribution < 1.29 is 19.3 Å². The second kappa shape index (κ2) is 7.90. The van der Waals surface area contributed by atoms with Gasteiger partial charge >= 0.3 is 0 Å². The van der Waals surface area contributed by atoms with Crippen LogP contribution >= 0.6 is 0 Å². The van der Waals surface area contributed by atoms with Crippen LogP contribution in [-0.2, 0) is 14.2 Å². The van der Waals surface area contributed by atoms with E-state index in [1.54, 1.807) is 6.92 Å². The normalized spacial score (nSPS) is 24.4. The zero-order chi connectivity index (χ0) is 15.2. The van der Waals surface area contributed by atoms with Gasteiger partial charge in [-0.15, -0.1) is 0 Å². The molecule has 0 fully saturated rings. The molecule has 4 nitrogen and oxygen atoms in total. The number of rotatable bonds is 7. The van der Waals surface area contributed by atoms with Gasteiger partial charge in [0.05, 0.1) is 12.2 Å². The van der Waals surface area contributed by atoms with E-state index in [1.807, 2.05) is 19.1 Å². The molecular weight excluding hydrogens is 268 g/mol. The number of ether oxygens (including phenoxy) is 3. The molecule has 0 heterocycles. The minimum atomic E-state index is -0.757. The van der Waals surface area contributed by atoms with E-state index in [2.05, 4.69) is 19.1 Å². The second-order valence-corrected chi connectivity index (χ2v) is 5.49. The molecule has 4 unspecified atom stereocenters. The fourth-order valence-electron chi connectivity index (χ4n) is 2.79. The van der Waals surface area contributed by atoms with Crippen LogP contribution in [0, 0.1) is 0 Å². The molecular formula is C17H26O4. The number of aliphatic hydroxyl groups is 1. The first-order valence-corrected chi connectivity index (χ1v) is 7.81. The first kappa shape index (κ1) is 16.4. The molecule has 1 aromatic carbocycles. The van der Waals surface area contributed by atoms with Crippen LogP contribution in [0.1, 0.15) is 63.4 Å². The summed E-state index contributed by atoms with van der Waals surface area (Å²) in [5.41, 5.74) is 2.25. The Balaban J connectivity index is 2.08. The van der Waals surface area contributed by atoms with Crippen LogP contribution in [0.15, 0.2) is 24.3 Å². The summed E-state index contributed by atoms with van der Waals surface area (Å²) in [6.45, 7) is 6.38. The summed E-state index contributed by atoms with van der Waals surface area (Å²) in [4.78, 5) is 0. The lowest BCUT2D eigenvalue weighted by Crippen LogP contribution is -2.24. The van der Waals surface area contributed by atoms with E-state index < -0.39 is 6.29 Å². The van der Waals surface area contributed by atoms with Crippen molar-refractivity contribution in [3.05, 3.63) is 35.4 Å². The van der Waals surface area contributed by atoms with Gasteiger partial charge in [-0.2, -0.15) is 0 Å². The fourth-order valence-corrected chi connectivity index (χ4v) is 2.79. The fraction of sp³-hybridized carbons (Fsp3) is 0.647. The Kier molecular flexibility index (Phi) is 6.18. The lowest BCUT2D eigenvalue weighted by atomic mass is 9.87. The number of hydrogen-bond donors (Lipinski definition) is 1. The molecule has 0 bridgehead atoms. The van der Waals surface area contributed by atoms with E-state index in [0.717, 1.165) is 30.4 Å². The van der Waals surface area contributed by atoms with Gasteiger partial charge < -0.3 is 19.3 Å². The van der Waals surface area contributed by atoms with Crippen LogP contribution in [0.25, 0.3) is 0 Å². The van der Waals surface area contributed by atoms with Gasteiger partial charge in [-0.3, -0.25) is 0 Å². The minimum absolute atomic E-state index is 0.0295. The third kappa shape index (κ3) is 4.51. The molecule has 4 heteroatoms. The average Bonchev–Trinajstić information content (AvgIpc) is 2.47. The van der Waals surface area contributed by atoms with Crippen LogP contribution < -0.4 is 0 Å². The van der Waals surface area contributed by atoms with Gasteiger partial charge in [-0.05, 0) is 44.2 Å². The van der Waals surface area contributed by atoms with Crippen LogP contribution in [0.5, 0.6) is 0 Å². The van der Waals surface area contributed by atoms with E-state index >= 15 is 0 Å². The van der Waals surface area contributed by atoms with Crippen molar-refractivity contribution in [3.8, 4) is 0 Å². The highest BCUT2D eigenvalue weighted by molar-refractivity contribution is 5.33. The topological polar surface area (TPSA) is 47.9 Å². The lowest BCUT2D eigenvalue weighted by Gasteiger charge is -2.33. The molecule has 4 atom stereocenters. The molecule has 1 aliphatic carbocycles. The molecule has 1 aliphatic rings. The van der Waals surface area contributed by atoms with Crippen LogP contribution in [0.3, 0.4) is 0 Å². The number of benzene rings is 1. The van der Waals surface area contributed by atoms with Crippen molar-refractivity contribution in [2.45, 2.75) is 64.8 Å². The highest BCUT2D eigenvalue weighted by Crippen LogP contribution is 2.40.